The van der Waals surface area contributed by atoms with Crippen LogP contribution in [0.2, 0.25) is 0 Å². The fourth-order valence-corrected chi connectivity index (χ4v) is 4.37. The first-order chi connectivity index (χ1) is 21.6. The predicted octanol–water partition coefficient (Wildman–Crippen LogP) is 10.2. The number of rotatable bonds is 8. The van der Waals surface area contributed by atoms with E-state index in [2.05, 4.69) is 75.8 Å². The molecule has 0 spiro atoms. The molecule has 45 heavy (non-hydrogen) atoms. The number of aliphatic hydroxyl groups is 1. The number of hydrogen-bond donors (Lipinski definition) is 1. The molecule has 1 saturated heterocycles. The molecule has 2 aliphatic heterocycles. The maximum absolute atomic E-state index is 10.1. The molecule has 3 aliphatic rings. The van der Waals surface area contributed by atoms with E-state index in [1.54, 1.807) is 7.11 Å². The van der Waals surface area contributed by atoms with E-state index < -0.39 is 0 Å². The van der Waals surface area contributed by atoms with Crippen LogP contribution in [0, 0.1) is 18.3 Å². The lowest BCUT2D eigenvalue weighted by atomic mass is 9.81. The Labute approximate surface area is 279 Å². The van der Waals surface area contributed by atoms with E-state index in [0.29, 0.717) is 38.4 Å². The van der Waals surface area contributed by atoms with Gasteiger partial charge in [-0.25, -0.2) is 0 Å². The van der Waals surface area contributed by atoms with Crippen LogP contribution in [0.25, 0.3) is 0 Å². The van der Waals surface area contributed by atoms with Gasteiger partial charge in [-0.05, 0) is 28.7 Å². The summed E-state index contributed by atoms with van der Waals surface area (Å²) in [5, 5.41) is 10.1. The van der Waals surface area contributed by atoms with Gasteiger partial charge in [-0.3, -0.25) is 0 Å². The second-order valence-electron chi connectivity index (χ2n) is 9.71. The van der Waals surface area contributed by atoms with Gasteiger partial charge in [0.1, 0.15) is 18.1 Å². The average Bonchev–Trinajstić information content (AvgIpc) is 3.07. The van der Waals surface area contributed by atoms with Crippen molar-refractivity contribution in [3.05, 3.63) is 83.3 Å². The van der Waals surface area contributed by atoms with Crippen molar-refractivity contribution in [2.75, 3.05) is 47.1 Å². The van der Waals surface area contributed by atoms with Gasteiger partial charge in [-0.1, -0.05) is 115 Å². The molecule has 1 fully saturated rings. The number of aliphatic hydroxyl groups excluding tert-OH is 1. The van der Waals surface area contributed by atoms with Crippen LogP contribution in [0.1, 0.15) is 96.4 Å². The summed E-state index contributed by atoms with van der Waals surface area (Å²) in [5.41, 5.74) is 4.89. The fraction of sp³-hybridized carbons (Fsp3) is 0.590. The molecule has 0 aromatic rings. The zero-order chi connectivity index (χ0) is 36.2. The van der Waals surface area contributed by atoms with Crippen molar-refractivity contribution >= 4 is 0 Å². The highest BCUT2D eigenvalue weighted by molar-refractivity contribution is 5.57. The molecule has 0 radical (unpaired) electrons. The minimum absolute atomic E-state index is 0.0278. The summed E-state index contributed by atoms with van der Waals surface area (Å²) in [4.78, 5) is 4.61. The summed E-state index contributed by atoms with van der Waals surface area (Å²) in [7, 11) is 3.80. The largest absolute Gasteiger partial charge is 0.508 e. The molecule has 6 nitrogen and oxygen atoms in total. The van der Waals surface area contributed by atoms with E-state index in [1.807, 2.05) is 87.6 Å². The summed E-state index contributed by atoms with van der Waals surface area (Å²) in [6.45, 7) is 37.7. The lowest BCUT2D eigenvalue weighted by Gasteiger charge is -2.51. The van der Waals surface area contributed by atoms with Crippen LogP contribution in [0.5, 0.6) is 0 Å². The van der Waals surface area contributed by atoms with Crippen LogP contribution >= 0.6 is 0 Å². The van der Waals surface area contributed by atoms with Gasteiger partial charge in [-0.2, -0.15) is 0 Å². The Bertz CT molecular complexity index is 975. The molecule has 6 heteroatoms. The van der Waals surface area contributed by atoms with Crippen molar-refractivity contribution in [3.8, 4) is 12.8 Å². The van der Waals surface area contributed by atoms with E-state index in [0.717, 1.165) is 29.3 Å². The highest BCUT2D eigenvalue weighted by Gasteiger charge is 2.40. The Kier molecular flexibility index (Phi) is 32.0. The molecule has 0 aromatic heterocycles. The number of ether oxygens (including phenoxy) is 3. The zero-order valence-electron chi connectivity index (χ0n) is 31.8. The Hall–Kier alpha value is -3.14. The Morgan fingerprint density at radius 1 is 0.956 bits per heavy atom. The number of nitrogens with zero attached hydrogens (tertiary/aromatic N) is 2. The molecule has 1 unspecified atom stereocenters. The number of piperazine rings is 1. The van der Waals surface area contributed by atoms with Crippen molar-refractivity contribution in [2.45, 2.75) is 102 Å². The van der Waals surface area contributed by atoms with E-state index in [4.69, 9.17) is 14.2 Å². The Morgan fingerprint density at radius 3 is 1.98 bits per heavy atom. The number of fused-ring (bicyclic) bond motifs is 1. The van der Waals surface area contributed by atoms with E-state index >= 15 is 0 Å². The fourth-order valence-electron chi connectivity index (χ4n) is 4.37. The molecular formula is C39H70N2O4. The first kappa shape index (κ1) is 48.8. The van der Waals surface area contributed by atoms with E-state index in [9.17, 15) is 5.11 Å². The average molecular weight is 631 g/mol. The van der Waals surface area contributed by atoms with Crippen LogP contribution < -0.4 is 0 Å². The number of terminal acetylenes is 1. The highest BCUT2D eigenvalue weighted by Crippen LogP contribution is 2.42. The Morgan fingerprint density at radius 2 is 1.49 bits per heavy atom. The predicted molar refractivity (Wildman–Crippen MR) is 199 cm³/mol. The number of likely N-dealkylation sites (N-methyl/N-ethyl adjacent to an activating group) is 1. The van der Waals surface area contributed by atoms with Crippen LogP contribution in [-0.2, 0) is 14.2 Å². The molecule has 0 amide bonds. The molecule has 1 aliphatic carbocycles. The zero-order valence-corrected chi connectivity index (χ0v) is 31.8. The maximum Gasteiger partial charge on any atom is 0.117 e. The van der Waals surface area contributed by atoms with Crippen LogP contribution in [0.3, 0.4) is 0 Å². The van der Waals surface area contributed by atoms with Crippen LogP contribution in [-0.4, -0.2) is 68.1 Å². The minimum atomic E-state index is 0.0278. The SMILES string of the molecule is C#C.C=C(O)C1=CN2C(=CC1=C)/C(=C1\C=CC=C(OCCOCCOC)C1)N(C)CC2C(C)(C)C.CC.CC.CC.CC.CC. The number of allylic oxidation sites excluding steroid dienone is 6. The summed E-state index contributed by atoms with van der Waals surface area (Å²) in [6.07, 6.45) is 19.0. The maximum atomic E-state index is 10.1. The van der Waals surface area contributed by atoms with Gasteiger partial charge in [0.15, 0.2) is 0 Å². The summed E-state index contributed by atoms with van der Waals surface area (Å²) in [5.74, 6) is 0.962. The molecule has 2 heterocycles. The molecule has 0 aromatic carbocycles. The third-order valence-electron chi connectivity index (χ3n) is 6.12. The van der Waals surface area contributed by atoms with Gasteiger partial charge >= 0.3 is 0 Å². The van der Waals surface area contributed by atoms with E-state index in [-0.39, 0.29) is 17.2 Å². The minimum Gasteiger partial charge on any atom is -0.508 e. The summed E-state index contributed by atoms with van der Waals surface area (Å²) < 4.78 is 16.5. The second-order valence-corrected chi connectivity index (χ2v) is 9.71. The van der Waals surface area contributed by atoms with Gasteiger partial charge in [-0.15, -0.1) is 12.8 Å². The van der Waals surface area contributed by atoms with Gasteiger partial charge in [0.25, 0.3) is 0 Å². The number of methoxy groups -OCH3 is 1. The molecular weight excluding hydrogens is 560 g/mol. The smallest absolute Gasteiger partial charge is 0.117 e. The standard InChI is InChI=1S/C27H38N2O4.5C2H6.C2H2/c1-19-15-24-26(21-9-8-10-22(16-21)33-14-13-32-12-11-31-7)28(6)18-25(27(3,4)5)29(24)17-23(19)20(2)30;6*1-2/h8-10,15,17,25,30H,1-2,11-14,16,18H2,3-7H3;5*1-2H3;1-2H/b26-21-;;;;;;. The van der Waals surface area contributed by atoms with Crippen molar-refractivity contribution in [2.24, 2.45) is 5.41 Å². The summed E-state index contributed by atoms with van der Waals surface area (Å²) in [6, 6.07) is 0.226. The van der Waals surface area contributed by atoms with Crippen LogP contribution in [0.4, 0.5) is 0 Å². The second kappa shape index (κ2) is 29.6. The highest BCUT2D eigenvalue weighted by atomic mass is 16.5. The Balaban J connectivity index is -0.000000627. The van der Waals surface area contributed by atoms with Crippen LogP contribution in [0.15, 0.2) is 83.3 Å². The first-order valence-corrected chi connectivity index (χ1v) is 16.8. The molecule has 0 saturated carbocycles. The third kappa shape index (κ3) is 16.7. The molecule has 1 atom stereocenters. The van der Waals surface area contributed by atoms with Gasteiger partial charge in [0.2, 0.25) is 0 Å². The third-order valence-corrected chi connectivity index (χ3v) is 6.12. The van der Waals surface area contributed by atoms with Crippen molar-refractivity contribution in [1.82, 2.24) is 9.80 Å². The van der Waals surface area contributed by atoms with Gasteiger partial charge in [0, 0.05) is 38.9 Å². The molecule has 260 valence electrons. The van der Waals surface area contributed by atoms with Gasteiger partial charge < -0.3 is 29.1 Å². The van der Waals surface area contributed by atoms with Crippen molar-refractivity contribution in [3.63, 3.8) is 0 Å². The lowest BCUT2D eigenvalue weighted by molar-refractivity contribution is 0.0407. The topological polar surface area (TPSA) is 54.4 Å². The van der Waals surface area contributed by atoms with E-state index in [1.165, 1.54) is 5.57 Å². The quantitative estimate of drug-likeness (QED) is 0.164. The molecule has 0 bridgehead atoms. The first-order valence-electron chi connectivity index (χ1n) is 16.8. The van der Waals surface area contributed by atoms with Crippen molar-refractivity contribution in [1.29, 1.82) is 0 Å². The lowest BCUT2D eigenvalue weighted by Crippen LogP contribution is -2.53. The van der Waals surface area contributed by atoms with Crippen molar-refractivity contribution < 1.29 is 19.3 Å². The number of hydrogen-bond acceptors (Lipinski definition) is 6. The van der Waals surface area contributed by atoms with Gasteiger partial charge in [0.05, 0.1) is 37.3 Å². The summed E-state index contributed by atoms with van der Waals surface area (Å²) >= 11 is 0. The monoisotopic (exact) mass is 631 g/mol. The molecule has 1 N–H and O–H groups in total. The molecule has 3 rings (SSSR count). The normalized spacial score (nSPS) is 17.7.